The van der Waals surface area contributed by atoms with E-state index < -0.39 is 0 Å². The summed E-state index contributed by atoms with van der Waals surface area (Å²) in [5.74, 6) is 0.346. The molecule has 0 saturated carbocycles. The second kappa shape index (κ2) is 6.58. The monoisotopic (exact) mass is 336 g/mol. The molecule has 1 atom stereocenters. The minimum absolute atomic E-state index is 0.346. The van der Waals surface area contributed by atoms with E-state index in [2.05, 4.69) is 39.8 Å². The predicted octanol–water partition coefficient (Wildman–Crippen LogP) is 3.02. The molecule has 0 aliphatic carbocycles. The van der Waals surface area contributed by atoms with Gasteiger partial charge in [0.1, 0.15) is 0 Å². The third-order valence-electron chi connectivity index (χ3n) is 4.90. The van der Waals surface area contributed by atoms with E-state index in [1.807, 2.05) is 13.8 Å². The van der Waals surface area contributed by atoms with Crippen LogP contribution in [-0.2, 0) is 11.2 Å². The van der Waals surface area contributed by atoms with Gasteiger partial charge in [-0.05, 0) is 38.8 Å². The highest BCUT2D eigenvalue weighted by Crippen LogP contribution is 2.35. The van der Waals surface area contributed by atoms with E-state index in [0.29, 0.717) is 12.5 Å². The molecule has 0 spiro atoms. The first-order chi connectivity index (χ1) is 12.2. The molecule has 1 aliphatic heterocycles. The van der Waals surface area contributed by atoms with Crippen molar-refractivity contribution in [3.8, 4) is 11.3 Å². The molecule has 2 N–H and O–H groups in total. The molecule has 1 unspecified atom stereocenters. The summed E-state index contributed by atoms with van der Waals surface area (Å²) in [5, 5.41) is 0. The number of imidazole rings is 1. The molecule has 5 heteroatoms. The van der Waals surface area contributed by atoms with Crippen molar-refractivity contribution >= 4 is 5.65 Å². The molecule has 130 valence electrons. The van der Waals surface area contributed by atoms with Gasteiger partial charge in [0.05, 0.1) is 29.4 Å². The molecule has 0 radical (unpaired) electrons. The molecular weight excluding hydrogens is 312 g/mol. The second-order valence-corrected chi connectivity index (χ2v) is 6.80. The fourth-order valence-corrected chi connectivity index (χ4v) is 3.68. The van der Waals surface area contributed by atoms with Crippen LogP contribution in [0.1, 0.15) is 35.0 Å². The summed E-state index contributed by atoms with van der Waals surface area (Å²) in [6, 6.07) is 8.69. The van der Waals surface area contributed by atoms with Gasteiger partial charge in [0.25, 0.3) is 0 Å². The molecule has 0 bridgehead atoms. The van der Waals surface area contributed by atoms with Crippen molar-refractivity contribution in [1.82, 2.24) is 14.4 Å². The topological polar surface area (TPSA) is 65.4 Å². The smallest absolute Gasteiger partial charge is 0.159 e. The molecule has 0 amide bonds. The highest BCUT2D eigenvalue weighted by atomic mass is 16.5. The zero-order chi connectivity index (χ0) is 17.4. The average Bonchev–Trinajstić information content (AvgIpc) is 3.23. The number of benzene rings is 1. The van der Waals surface area contributed by atoms with Crippen molar-refractivity contribution in [2.24, 2.45) is 5.73 Å². The van der Waals surface area contributed by atoms with E-state index >= 15 is 0 Å². The summed E-state index contributed by atoms with van der Waals surface area (Å²) >= 11 is 0. The Labute approximate surface area is 147 Å². The van der Waals surface area contributed by atoms with Crippen molar-refractivity contribution in [3.05, 3.63) is 53.1 Å². The predicted molar refractivity (Wildman–Crippen MR) is 98.8 cm³/mol. The van der Waals surface area contributed by atoms with Gasteiger partial charge in [0.15, 0.2) is 5.65 Å². The van der Waals surface area contributed by atoms with Crippen LogP contribution in [0.2, 0.25) is 0 Å². The number of hydrogen-bond donors (Lipinski definition) is 1. The number of fused-ring (bicyclic) bond motifs is 1. The normalized spacial score (nSPS) is 17.5. The molecule has 3 aromatic rings. The Hall–Kier alpha value is -2.24. The van der Waals surface area contributed by atoms with Gasteiger partial charge in [-0.15, -0.1) is 0 Å². The van der Waals surface area contributed by atoms with Crippen LogP contribution < -0.4 is 5.73 Å². The van der Waals surface area contributed by atoms with Crippen LogP contribution in [0.25, 0.3) is 16.9 Å². The van der Waals surface area contributed by atoms with Gasteiger partial charge < -0.3 is 10.5 Å². The molecular formula is C20H24N4O. The van der Waals surface area contributed by atoms with Gasteiger partial charge in [-0.3, -0.25) is 9.38 Å². The summed E-state index contributed by atoms with van der Waals surface area (Å²) in [7, 11) is 0. The average molecular weight is 336 g/mol. The highest BCUT2D eigenvalue weighted by molar-refractivity contribution is 5.69. The lowest BCUT2D eigenvalue weighted by Gasteiger charge is -2.10. The first-order valence-electron chi connectivity index (χ1n) is 8.90. The fraction of sp³-hybridized carbons (Fsp3) is 0.400. The Morgan fingerprint density at radius 3 is 2.68 bits per heavy atom. The molecule has 25 heavy (non-hydrogen) atoms. The minimum Gasteiger partial charge on any atom is -0.381 e. The van der Waals surface area contributed by atoms with Crippen LogP contribution in [0.15, 0.2) is 30.5 Å². The maximum absolute atomic E-state index is 5.67. The lowest BCUT2D eigenvalue weighted by molar-refractivity contribution is 0.193. The number of aromatic nitrogens is 3. The molecule has 1 fully saturated rings. The summed E-state index contributed by atoms with van der Waals surface area (Å²) < 4.78 is 7.82. The quantitative estimate of drug-likeness (QED) is 0.795. The highest BCUT2D eigenvalue weighted by Gasteiger charge is 2.26. The fourth-order valence-electron chi connectivity index (χ4n) is 3.68. The van der Waals surface area contributed by atoms with E-state index in [1.165, 1.54) is 16.8 Å². The van der Waals surface area contributed by atoms with Crippen LogP contribution >= 0.6 is 0 Å². The Balaban J connectivity index is 1.91. The Morgan fingerprint density at radius 2 is 2.00 bits per heavy atom. The zero-order valence-electron chi connectivity index (χ0n) is 14.8. The van der Waals surface area contributed by atoms with Crippen LogP contribution in [0, 0.1) is 13.8 Å². The van der Waals surface area contributed by atoms with Crippen LogP contribution in [0.3, 0.4) is 0 Å². The van der Waals surface area contributed by atoms with E-state index in [4.69, 9.17) is 15.5 Å². The van der Waals surface area contributed by atoms with Gasteiger partial charge >= 0.3 is 0 Å². The maximum Gasteiger partial charge on any atom is 0.159 e. The van der Waals surface area contributed by atoms with Gasteiger partial charge in [-0.2, -0.15) is 0 Å². The molecule has 4 rings (SSSR count). The third-order valence-corrected chi connectivity index (χ3v) is 4.90. The number of nitrogens with two attached hydrogens (primary N) is 1. The van der Waals surface area contributed by atoms with Crippen molar-refractivity contribution in [3.63, 3.8) is 0 Å². The maximum atomic E-state index is 5.67. The van der Waals surface area contributed by atoms with Crippen molar-refractivity contribution in [2.45, 2.75) is 32.6 Å². The van der Waals surface area contributed by atoms with E-state index in [1.54, 1.807) is 0 Å². The molecule has 1 saturated heterocycles. The van der Waals surface area contributed by atoms with Gasteiger partial charge in [-0.25, -0.2) is 4.98 Å². The molecule has 1 aromatic carbocycles. The van der Waals surface area contributed by atoms with E-state index in [0.717, 1.165) is 48.8 Å². The Bertz CT molecular complexity index is 892. The van der Waals surface area contributed by atoms with Crippen LogP contribution in [0.5, 0.6) is 0 Å². The number of ether oxygens (including phenoxy) is 1. The summed E-state index contributed by atoms with van der Waals surface area (Å²) in [6.45, 7) is 6.28. The van der Waals surface area contributed by atoms with Gasteiger partial charge in [-0.1, -0.05) is 24.3 Å². The summed E-state index contributed by atoms with van der Waals surface area (Å²) in [4.78, 5) is 9.56. The van der Waals surface area contributed by atoms with Crippen molar-refractivity contribution in [1.29, 1.82) is 0 Å². The largest absolute Gasteiger partial charge is 0.381 e. The number of aryl methyl sites for hydroxylation is 2. The van der Waals surface area contributed by atoms with E-state index in [-0.39, 0.29) is 0 Å². The minimum atomic E-state index is 0.346. The van der Waals surface area contributed by atoms with Crippen molar-refractivity contribution < 1.29 is 4.74 Å². The SMILES string of the molecule is Cc1cn2c(-c3ccc(CCN)cc3)c(C3CCOC3)nc2c(C)n1. The van der Waals surface area contributed by atoms with Gasteiger partial charge in [0, 0.05) is 24.3 Å². The zero-order valence-corrected chi connectivity index (χ0v) is 14.8. The Kier molecular flexibility index (Phi) is 4.27. The molecule has 2 aromatic heterocycles. The molecule has 5 nitrogen and oxygen atoms in total. The number of hydrogen-bond acceptors (Lipinski definition) is 4. The Morgan fingerprint density at radius 1 is 1.20 bits per heavy atom. The number of nitrogens with zero attached hydrogens (tertiary/aromatic N) is 3. The van der Waals surface area contributed by atoms with Crippen LogP contribution in [0.4, 0.5) is 0 Å². The van der Waals surface area contributed by atoms with E-state index in [9.17, 15) is 0 Å². The first kappa shape index (κ1) is 16.2. The second-order valence-electron chi connectivity index (χ2n) is 6.80. The standard InChI is InChI=1S/C20H24N4O/c1-13-11-24-19(16-5-3-15(4-6-16)7-9-21)18(17-8-10-25-12-17)23-20(24)14(2)22-13/h3-6,11,17H,7-10,12,21H2,1-2H3. The lowest BCUT2D eigenvalue weighted by atomic mass is 9.98. The first-order valence-corrected chi connectivity index (χ1v) is 8.90. The summed E-state index contributed by atoms with van der Waals surface area (Å²) in [5.41, 5.74) is 13.3. The van der Waals surface area contributed by atoms with Gasteiger partial charge in [0.2, 0.25) is 0 Å². The summed E-state index contributed by atoms with van der Waals surface area (Å²) in [6.07, 6.45) is 4.00. The number of rotatable bonds is 4. The third kappa shape index (κ3) is 2.94. The molecule has 3 heterocycles. The van der Waals surface area contributed by atoms with Crippen molar-refractivity contribution in [2.75, 3.05) is 19.8 Å². The molecule has 1 aliphatic rings. The lowest BCUT2D eigenvalue weighted by Crippen LogP contribution is -2.03. The van der Waals surface area contributed by atoms with Crippen LogP contribution in [-0.4, -0.2) is 34.1 Å².